The van der Waals surface area contributed by atoms with Crippen LogP contribution in [-0.2, 0) is 4.79 Å². The Balaban J connectivity index is 1.92. The largest absolute Gasteiger partial charge is 0.506 e. The predicted octanol–water partition coefficient (Wildman–Crippen LogP) is 4.55. The van der Waals surface area contributed by atoms with Crippen LogP contribution < -0.4 is 4.90 Å². The number of benzene rings is 2. The third kappa shape index (κ3) is 2.88. The van der Waals surface area contributed by atoms with E-state index in [-0.39, 0.29) is 17.0 Å². The highest BCUT2D eigenvalue weighted by atomic mass is 32.1. The van der Waals surface area contributed by atoms with E-state index in [9.17, 15) is 19.8 Å². The maximum absolute atomic E-state index is 13.1. The van der Waals surface area contributed by atoms with Crippen molar-refractivity contribution in [1.82, 2.24) is 0 Å². The predicted molar refractivity (Wildman–Crippen MR) is 108 cm³/mol. The molecule has 1 atom stereocenters. The summed E-state index contributed by atoms with van der Waals surface area (Å²) in [4.78, 5) is 27.8. The number of Topliss-reactive ketones (excluding diaryl/α,β-unsaturated/α-hetero) is 1. The first-order valence-corrected chi connectivity index (χ1v) is 9.56. The second kappa shape index (κ2) is 6.98. The van der Waals surface area contributed by atoms with Crippen LogP contribution in [0.4, 0.5) is 5.69 Å². The molecule has 28 heavy (non-hydrogen) atoms. The number of thiophene rings is 1. The van der Waals surface area contributed by atoms with Crippen LogP contribution >= 0.6 is 11.3 Å². The van der Waals surface area contributed by atoms with Crippen molar-refractivity contribution in [2.45, 2.75) is 13.0 Å². The van der Waals surface area contributed by atoms with Gasteiger partial charge in [-0.3, -0.25) is 14.5 Å². The van der Waals surface area contributed by atoms with E-state index in [1.54, 1.807) is 53.9 Å². The van der Waals surface area contributed by atoms with Gasteiger partial charge in [0.1, 0.15) is 5.75 Å². The summed E-state index contributed by atoms with van der Waals surface area (Å²) in [6.45, 7) is 1.84. The van der Waals surface area contributed by atoms with Crippen LogP contribution in [0.5, 0.6) is 5.75 Å². The number of aliphatic hydroxyl groups excluding tert-OH is 1. The first kappa shape index (κ1) is 18.0. The van der Waals surface area contributed by atoms with Crippen LogP contribution in [0.25, 0.3) is 0 Å². The second-order valence-electron chi connectivity index (χ2n) is 6.55. The van der Waals surface area contributed by atoms with Gasteiger partial charge in [-0.25, -0.2) is 0 Å². The Bertz CT molecular complexity index is 1090. The molecule has 2 N–H and O–H groups in total. The average Bonchev–Trinajstić information content (AvgIpc) is 3.32. The third-order valence-electron chi connectivity index (χ3n) is 4.70. The maximum atomic E-state index is 13.1. The number of phenolic OH excluding ortho intramolecular Hbond substituents is 1. The van der Waals surface area contributed by atoms with E-state index in [4.69, 9.17) is 0 Å². The molecule has 3 aromatic rings. The fourth-order valence-corrected chi connectivity index (χ4v) is 4.08. The molecule has 1 aromatic heterocycles. The molecule has 0 bridgehead atoms. The van der Waals surface area contributed by atoms with Crippen LogP contribution in [-0.4, -0.2) is 21.9 Å². The number of hydrogen-bond donors (Lipinski definition) is 2. The lowest BCUT2D eigenvalue weighted by atomic mass is 9.95. The summed E-state index contributed by atoms with van der Waals surface area (Å²) in [5.74, 6) is -1.80. The zero-order chi connectivity index (χ0) is 19.8. The van der Waals surface area contributed by atoms with Gasteiger partial charge in [0.25, 0.3) is 5.91 Å². The van der Waals surface area contributed by atoms with Crippen molar-refractivity contribution < 1.29 is 19.8 Å². The molecule has 1 amide bonds. The number of ketones is 1. The fraction of sp³-hybridized carbons (Fsp3) is 0.0909. The highest BCUT2D eigenvalue weighted by Crippen LogP contribution is 2.44. The normalized spacial score (nSPS) is 16.7. The van der Waals surface area contributed by atoms with E-state index in [1.807, 2.05) is 13.0 Å². The van der Waals surface area contributed by atoms with E-state index in [0.29, 0.717) is 10.4 Å². The Morgan fingerprint density at radius 2 is 1.79 bits per heavy atom. The van der Waals surface area contributed by atoms with Gasteiger partial charge in [0.15, 0.2) is 5.76 Å². The van der Waals surface area contributed by atoms with Gasteiger partial charge >= 0.3 is 0 Å². The van der Waals surface area contributed by atoms with Crippen molar-refractivity contribution in [3.05, 3.63) is 93.4 Å². The van der Waals surface area contributed by atoms with Crippen molar-refractivity contribution >= 4 is 28.7 Å². The number of aryl methyl sites for hydroxylation is 1. The Morgan fingerprint density at radius 3 is 2.46 bits per heavy atom. The minimum atomic E-state index is -0.837. The number of aliphatic hydroxyl groups is 1. The van der Waals surface area contributed by atoms with Gasteiger partial charge < -0.3 is 10.2 Å². The molecule has 2 heterocycles. The monoisotopic (exact) mass is 391 g/mol. The van der Waals surface area contributed by atoms with Gasteiger partial charge in [-0.05, 0) is 41.6 Å². The van der Waals surface area contributed by atoms with Gasteiger partial charge in [-0.15, -0.1) is 11.3 Å². The van der Waals surface area contributed by atoms with Gasteiger partial charge in [0.05, 0.1) is 22.2 Å². The number of phenols is 1. The number of rotatable bonds is 4. The summed E-state index contributed by atoms with van der Waals surface area (Å²) in [7, 11) is 0. The van der Waals surface area contributed by atoms with Crippen LogP contribution in [0.3, 0.4) is 0 Å². The minimum Gasteiger partial charge on any atom is -0.506 e. The smallest absolute Gasteiger partial charge is 0.294 e. The molecular formula is C22H17NO4S. The lowest BCUT2D eigenvalue weighted by molar-refractivity contribution is -0.117. The van der Waals surface area contributed by atoms with E-state index < -0.39 is 23.5 Å². The summed E-state index contributed by atoms with van der Waals surface area (Å²) >= 11 is 1.25. The highest BCUT2D eigenvalue weighted by molar-refractivity contribution is 7.12. The molecule has 0 saturated heterocycles. The van der Waals surface area contributed by atoms with Crippen molar-refractivity contribution in [1.29, 1.82) is 0 Å². The third-order valence-corrected chi connectivity index (χ3v) is 5.57. The molecule has 140 valence electrons. The van der Waals surface area contributed by atoms with Gasteiger partial charge in [-0.1, -0.05) is 42.5 Å². The molecule has 5 nitrogen and oxygen atoms in total. The lowest BCUT2D eigenvalue weighted by Gasteiger charge is -2.27. The van der Waals surface area contributed by atoms with Gasteiger partial charge in [0, 0.05) is 0 Å². The Morgan fingerprint density at radius 1 is 1.04 bits per heavy atom. The van der Waals surface area contributed by atoms with E-state index >= 15 is 0 Å². The minimum absolute atomic E-state index is 0.0135. The zero-order valence-electron chi connectivity index (χ0n) is 15.0. The SMILES string of the molecule is Cc1ccc(O)c(N2C(=O)C(O)=C(C(=O)c3cccs3)C2c2ccccc2)c1. The van der Waals surface area contributed by atoms with Crippen LogP contribution in [0.2, 0.25) is 0 Å². The van der Waals surface area contributed by atoms with Crippen molar-refractivity contribution in [2.24, 2.45) is 0 Å². The molecule has 2 aromatic carbocycles. The topological polar surface area (TPSA) is 77.8 Å². The number of carbonyl (C=O) groups excluding carboxylic acids is 2. The molecule has 0 saturated carbocycles. The standard InChI is InChI=1S/C22H17NO4S/c1-13-9-10-16(24)15(12-13)23-19(14-6-3-2-4-7-14)18(21(26)22(23)27)20(25)17-8-5-11-28-17/h2-12,19,24,26H,1H3. The Hall–Kier alpha value is -3.38. The maximum Gasteiger partial charge on any atom is 0.294 e. The summed E-state index contributed by atoms with van der Waals surface area (Å²) < 4.78 is 0. The molecule has 1 aliphatic rings. The van der Waals surface area contributed by atoms with E-state index in [2.05, 4.69) is 0 Å². The Kier molecular flexibility index (Phi) is 4.49. The van der Waals surface area contributed by atoms with Crippen molar-refractivity contribution in [3.8, 4) is 5.75 Å². The van der Waals surface area contributed by atoms with Crippen molar-refractivity contribution in [3.63, 3.8) is 0 Å². The molecule has 6 heteroatoms. The van der Waals surface area contributed by atoms with Crippen LogP contribution in [0.15, 0.2) is 77.4 Å². The van der Waals surface area contributed by atoms with Crippen LogP contribution in [0.1, 0.15) is 26.8 Å². The van der Waals surface area contributed by atoms with Crippen molar-refractivity contribution in [2.75, 3.05) is 4.90 Å². The molecular weight excluding hydrogens is 374 g/mol. The van der Waals surface area contributed by atoms with Gasteiger partial charge in [-0.2, -0.15) is 0 Å². The molecule has 1 unspecified atom stereocenters. The highest BCUT2D eigenvalue weighted by Gasteiger charge is 2.45. The van der Waals surface area contributed by atoms with E-state index in [0.717, 1.165) is 5.56 Å². The summed E-state index contributed by atoms with van der Waals surface area (Å²) in [5, 5.41) is 22.8. The molecule has 0 spiro atoms. The second-order valence-corrected chi connectivity index (χ2v) is 7.50. The Labute approximate surface area is 165 Å². The number of amides is 1. The number of carbonyl (C=O) groups is 2. The quantitative estimate of drug-likeness (QED) is 0.640. The average molecular weight is 391 g/mol. The molecule has 0 fully saturated rings. The fourth-order valence-electron chi connectivity index (χ4n) is 3.40. The lowest BCUT2D eigenvalue weighted by Crippen LogP contribution is -2.31. The summed E-state index contributed by atoms with van der Waals surface area (Å²) in [6.07, 6.45) is 0. The van der Waals surface area contributed by atoms with Crippen LogP contribution in [0, 0.1) is 6.92 Å². The molecule has 0 radical (unpaired) electrons. The molecule has 4 rings (SSSR count). The number of anilines is 1. The van der Waals surface area contributed by atoms with Gasteiger partial charge in [0.2, 0.25) is 5.78 Å². The first-order chi connectivity index (χ1) is 13.5. The number of aromatic hydroxyl groups is 1. The summed E-state index contributed by atoms with van der Waals surface area (Å²) in [6, 6.07) is 16.5. The summed E-state index contributed by atoms with van der Waals surface area (Å²) in [5.41, 5.74) is 1.77. The number of hydrogen-bond acceptors (Lipinski definition) is 5. The molecule has 0 aliphatic carbocycles. The van der Waals surface area contributed by atoms with E-state index in [1.165, 1.54) is 22.3 Å². The first-order valence-electron chi connectivity index (χ1n) is 8.68. The zero-order valence-corrected chi connectivity index (χ0v) is 15.8. The number of nitrogens with zero attached hydrogens (tertiary/aromatic N) is 1. The molecule has 1 aliphatic heterocycles.